The van der Waals surface area contributed by atoms with Crippen molar-refractivity contribution in [1.29, 1.82) is 0 Å². The molecule has 0 radical (unpaired) electrons. The fraction of sp³-hybridized carbons (Fsp3) is 0. The molecule has 2 heterocycles. The summed E-state index contributed by atoms with van der Waals surface area (Å²) in [6, 6.07) is 12.4. The van der Waals surface area contributed by atoms with Crippen molar-refractivity contribution in [2.45, 2.75) is 0 Å². The Bertz CT molecular complexity index is 1320. The number of amides is 1. The molecule has 11 heteroatoms. The van der Waals surface area contributed by atoms with Crippen LogP contribution in [0.4, 0.5) is 26.0 Å². The summed E-state index contributed by atoms with van der Waals surface area (Å²) in [5.41, 5.74) is 0.128. The Hall–Kier alpha value is -3.86. The Kier molecular flexibility index (Phi) is 5.11. The lowest BCUT2D eigenvalue weighted by Gasteiger charge is -2.17. The van der Waals surface area contributed by atoms with E-state index in [2.05, 4.69) is 15.4 Å². The van der Waals surface area contributed by atoms with Crippen LogP contribution >= 0.6 is 0 Å². The molecule has 0 bridgehead atoms. The number of aromatic nitrogens is 3. The van der Waals surface area contributed by atoms with E-state index in [0.29, 0.717) is 9.99 Å². The maximum atomic E-state index is 14.2. The van der Waals surface area contributed by atoms with Crippen molar-refractivity contribution in [3.8, 4) is 0 Å². The summed E-state index contributed by atoms with van der Waals surface area (Å²) >= 11 is 0. The third-order valence-electron chi connectivity index (χ3n) is 4.15. The first-order valence-corrected chi connectivity index (χ1v) is 9.67. The van der Waals surface area contributed by atoms with Crippen molar-refractivity contribution in [2.24, 2.45) is 0 Å². The van der Waals surface area contributed by atoms with Gasteiger partial charge in [0.2, 0.25) is 10.9 Å². The zero-order chi connectivity index (χ0) is 21.3. The highest BCUT2D eigenvalue weighted by Gasteiger charge is 2.21. The minimum Gasteiger partial charge on any atom is -0.322 e. The Morgan fingerprint density at radius 2 is 1.83 bits per heavy atom. The minimum atomic E-state index is -3.42. The van der Waals surface area contributed by atoms with Crippen LogP contribution in [-0.4, -0.2) is 28.9 Å². The van der Waals surface area contributed by atoms with E-state index < -0.39 is 34.1 Å². The predicted octanol–water partition coefficient (Wildman–Crippen LogP) is 2.92. The molecule has 0 saturated heterocycles. The van der Waals surface area contributed by atoms with Gasteiger partial charge in [0.25, 0.3) is 5.91 Å². The molecule has 0 unspecified atom stereocenters. The zero-order valence-corrected chi connectivity index (χ0v) is 16.0. The molecule has 0 saturated carbocycles. The van der Waals surface area contributed by atoms with Crippen molar-refractivity contribution in [3.63, 3.8) is 0 Å². The van der Waals surface area contributed by atoms with Crippen molar-refractivity contribution in [3.05, 3.63) is 84.2 Å². The normalized spacial score (nSPS) is 11.0. The summed E-state index contributed by atoms with van der Waals surface area (Å²) in [4.78, 5) is 16.8. The SMILES string of the molecule is O=C(Nc1ccccc1)c1cnn2ccc(N(c3cc(F)ccc3F)[SH](=O)=O)nc12. The Morgan fingerprint density at radius 3 is 2.57 bits per heavy atom. The third kappa shape index (κ3) is 3.70. The van der Waals surface area contributed by atoms with Crippen molar-refractivity contribution in [1.82, 2.24) is 14.6 Å². The number of carbonyl (C=O) groups excluding carboxylic acids is 1. The lowest BCUT2D eigenvalue weighted by molar-refractivity contribution is 0.102. The first-order chi connectivity index (χ1) is 14.4. The predicted molar refractivity (Wildman–Crippen MR) is 106 cm³/mol. The quantitative estimate of drug-likeness (QED) is 0.476. The molecule has 1 N–H and O–H groups in total. The molecular formula is C19H13F2N5O3S. The third-order valence-corrected chi connectivity index (χ3v) is 4.89. The van der Waals surface area contributed by atoms with E-state index in [1.165, 1.54) is 23.0 Å². The molecule has 4 aromatic rings. The van der Waals surface area contributed by atoms with Crippen molar-refractivity contribution >= 4 is 39.6 Å². The number of nitrogens with one attached hydrogen (secondary N) is 1. The van der Waals surface area contributed by atoms with E-state index >= 15 is 0 Å². The summed E-state index contributed by atoms with van der Waals surface area (Å²) in [5, 5.41) is 6.70. The van der Waals surface area contributed by atoms with Crippen molar-refractivity contribution < 1.29 is 22.0 Å². The molecule has 4 rings (SSSR count). The average Bonchev–Trinajstić information content (AvgIpc) is 3.15. The van der Waals surface area contributed by atoms with Crippen LogP contribution in [-0.2, 0) is 10.9 Å². The first kappa shape index (κ1) is 19.5. The molecule has 0 atom stereocenters. The van der Waals surface area contributed by atoms with Gasteiger partial charge in [-0.25, -0.2) is 31.0 Å². The number of para-hydroxylation sites is 1. The Balaban J connectivity index is 1.77. The molecule has 0 spiro atoms. The number of fused-ring (bicyclic) bond motifs is 1. The van der Waals surface area contributed by atoms with Crippen LogP contribution < -0.4 is 9.62 Å². The van der Waals surface area contributed by atoms with Crippen LogP contribution in [0.3, 0.4) is 0 Å². The number of halogens is 2. The summed E-state index contributed by atoms with van der Waals surface area (Å²) < 4.78 is 53.2. The van der Waals surface area contributed by atoms with Crippen LogP contribution in [0.25, 0.3) is 5.65 Å². The molecule has 1 amide bonds. The number of anilines is 3. The average molecular weight is 429 g/mol. The van der Waals surface area contributed by atoms with Crippen LogP contribution in [0.15, 0.2) is 67.0 Å². The Morgan fingerprint density at radius 1 is 1.07 bits per heavy atom. The van der Waals surface area contributed by atoms with E-state index in [4.69, 9.17) is 0 Å². The molecule has 2 aromatic carbocycles. The molecule has 2 aromatic heterocycles. The molecular weight excluding hydrogens is 416 g/mol. The van der Waals surface area contributed by atoms with Crippen molar-refractivity contribution in [2.75, 3.05) is 9.62 Å². The molecule has 30 heavy (non-hydrogen) atoms. The highest BCUT2D eigenvalue weighted by atomic mass is 32.2. The number of benzene rings is 2. The standard InChI is InChI=1S/C19H13F2N5O3S/c20-12-6-7-15(21)16(10-12)26(30(28)29)17-8-9-25-18(24-17)14(11-22-25)19(27)23-13-4-2-1-3-5-13/h1-11,30H,(H,23,27). The van der Waals surface area contributed by atoms with Gasteiger partial charge in [-0.2, -0.15) is 5.10 Å². The Labute approximate surface area is 170 Å². The fourth-order valence-corrected chi connectivity index (χ4v) is 3.41. The van der Waals surface area contributed by atoms with Gasteiger partial charge in [-0.05, 0) is 24.3 Å². The highest BCUT2D eigenvalue weighted by Crippen LogP contribution is 2.28. The van der Waals surface area contributed by atoms with Gasteiger partial charge in [0.05, 0.1) is 11.9 Å². The second-order valence-corrected chi connectivity index (χ2v) is 6.95. The topological polar surface area (TPSA) is 96.7 Å². The van der Waals surface area contributed by atoms with E-state index in [-0.39, 0.29) is 17.0 Å². The van der Waals surface area contributed by atoms with Crippen LogP contribution in [0, 0.1) is 11.6 Å². The van der Waals surface area contributed by atoms with Crippen LogP contribution in [0.1, 0.15) is 10.4 Å². The minimum absolute atomic E-state index is 0.0413. The summed E-state index contributed by atoms with van der Waals surface area (Å²) in [7, 11) is -3.42. The van der Waals surface area contributed by atoms with Gasteiger partial charge in [-0.1, -0.05) is 18.2 Å². The van der Waals surface area contributed by atoms with Gasteiger partial charge in [0.1, 0.15) is 17.2 Å². The maximum Gasteiger partial charge on any atom is 0.261 e. The largest absolute Gasteiger partial charge is 0.322 e. The lowest BCUT2D eigenvalue weighted by atomic mass is 10.2. The molecule has 0 aliphatic rings. The maximum absolute atomic E-state index is 14.2. The highest BCUT2D eigenvalue weighted by molar-refractivity contribution is 7.74. The van der Waals surface area contributed by atoms with E-state index in [0.717, 1.165) is 18.2 Å². The molecule has 0 aliphatic carbocycles. The van der Waals surface area contributed by atoms with Gasteiger partial charge in [-0.3, -0.25) is 4.79 Å². The second-order valence-electron chi connectivity index (χ2n) is 6.08. The van der Waals surface area contributed by atoms with Gasteiger partial charge in [-0.15, -0.1) is 0 Å². The smallest absolute Gasteiger partial charge is 0.261 e. The van der Waals surface area contributed by atoms with Gasteiger partial charge in [0, 0.05) is 24.0 Å². The number of rotatable bonds is 5. The molecule has 152 valence electrons. The van der Waals surface area contributed by atoms with E-state index in [1.54, 1.807) is 30.3 Å². The van der Waals surface area contributed by atoms with Crippen LogP contribution in [0.2, 0.25) is 0 Å². The zero-order valence-electron chi connectivity index (χ0n) is 15.1. The monoisotopic (exact) mass is 429 g/mol. The van der Waals surface area contributed by atoms with Crippen LogP contribution in [0.5, 0.6) is 0 Å². The fourth-order valence-electron chi connectivity index (χ4n) is 2.80. The summed E-state index contributed by atoms with van der Waals surface area (Å²) in [6.45, 7) is 0. The van der Waals surface area contributed by atoms with Gasteiger partial charge in [0.15, 0.2) is 11.5 Å². The summed E-state index contributed by atoms with van der Waals surface area (Å²) in [6.07, 6.45) is 2.63. The molecule has 0 fully saturated rings. The lowest BCUT2D eigenvalue weighted by Crippen LogP contribution is -2.18. The number of nitrogens with zero attached hydrogens (tertiary/aromatic N) is 4. The molecule has 0 aliphatic heterocycles. The van der Waals surface area contributed by atoms with E-state index in [1.807, 2.05) is 0 Å². The van der Waals surface area contributed by atoms with Gasteiger partial charge >= 0.3 is 0 Å². The molecule has 8 nitrogen and oxygen atoms in total. The first-order valence-electron chi connectivity index (χ1n) is 8.54. The number of carbonyl (C=O) groups is 1. The second kappa shape index (κ2) is 7.87. The number of hydrogen-bond acceptors (Lipinski definition) is 5. The summed E-state index contributed by atoms with van der Waals surface area (Å²) in [5.74, 6) is -2.51. The number of hydrogen-bond donors (Lipinski definition) is 2. The number of thiol groups is 1. The van der Waals surface area contributed by atoms with E-state index in [9.17, 15) is 22.0 Å². The van der Waals surface area contributed by atoms with Gasteiger partial charge < -0.3 is 5.32 Å².